The number of esters is 1. The number of aliphatic hydroxyl groups is 1. The van der Waals surface area contributed by atoms with E-state index in [-0.39, 0.29) is 47.3 Å². The Morgan fingerprint density at radius 2 is 1.58 bits per heavy atom. The summed E-state index contributed by atoms with van der Waals surface area (Å²) in [7, 11) is 0. The minimum Gasteiger partial charge on any atom is -0.508 e. The van der Waals surface area contributed by atoms with Crippen LogP contribution in [0.25, 0.3) is 0 Å². The van der Waals surface area contributed by atoms with Crippen LogP contribution in [0.3, 0.4) is 0 Å². The van der Waals surface area contributed by atoms with Gasteiger partial charge in [-0.3, -0.25) is 0 Å². The van der Waals surface area contributed by atoms with Crippen LogP contribution in [0.5, 0.6) is 40.2 Å². The monoisotopic (exact) mass is 498 g/mol. The second-order valence-electron chi connectivity index (χ2n) is 8.64. The molecule has 0 radical (unpaired) electrons. The van der Waals surface area contributed by atoms with Crippen LogP contribution >= 0.6 is 0 Å². The third-order valence-electron chi connectivity index (χ3n) is 6.02. The summed E-state index contributed by atoms with van der Waals surface area (Å²) < 4.78 is 11.5. The van der Waals surface area contributed by atoms with Gasteiger partial charge in [-0.05, 0) is 49.1 Å². The van der Waals surface area contributed by atoms with Gasteiger partial charge in [0.15, 0.2) is 35.2 Å². The van der Waals surface area contributed by atoms with Gasteiger partial charge in [-0.2, -0.15) is 0 Å². The number of hydrogen-bond donors (Lipinski definition) is 7. The van der Waals surface area contributed by atoms with E-state index >= 15 is 0 Å². The summed E-state index contributed by atoms with van der Waals surface area (Å²) >= 11 is 0. The Kier molecular flexibility index (Phi) is 6.98. The fourth-order valence-corrected chi connectivity index (χ4v) is 4.12. The van der Waals surface area contributed by atoms with Gasteiger partial charge in [-0.15, -0.1) is 0 Å². The first-order valence-electron chi connectivity index (χ1n) is 11.2. The van der Waals surface area contributed by atoms with Crippen molar-refractivity contribution < 1.29 is 50.0 Å². The number of phenols is 6. The van der Waals surface area contributed by atoms with Crippen molar-refractivity contribution in [1.82, 2.24) is 0 Å². The number of aromatic hydroxyl groups is 6. The zero-order valence-electron chi connectivity index (χ0n) is 19.0. The van der Waals surface area contributed by atoms with Gasteiger partial charge in [0.05, 0.1) is 0 Å². The minimum atomic E-state index is -1.46. The van der Waals surface area contributed by atoms with Crippen LogP contribution in [0.2, 0.25) is 0 Å². The molecule has 3 aromatic rings. The van der Waals surface area contributed by atoms with E-state index in [4.69, 9.17) is 9.47 Å². The Morgan fingerprint density at radius 1 is 0.889 bits per heavy atom. The molecule has 1 aliphatic heterocycles. The number of ether oxygens (including phenoxy) is 2. The summed E-state index contributed by atoms with van der Waals surface area (Å²) in [6.45, 7) is 0. The fourth-order valence-electron chi connectivity index (χ4n) is 4.12. The molecular weight excluding hydrogens is 472 g/mol. The Labute approximate surface area is 205 Å². The molecule has 10 nitrogen and oxygen atoms in total. The molecule has 0 amide bonds. The number of carbonyl (C=O) groups excluding carboxylic acids is 1. The second-order valence-corrected chi connectivity index (χ2v) is 8.64. The lowest BCUT2D eigenvalue weighted by Gasteiger charge is -2.34. The molecule has 1 heterocycles. The van der Waals surface area contributed by atoms with Crippen LogP contribution in [-0.4, -0.2) is 53.9 Å². The summed E-state index contributed by atoms with van der Waals surface area (Å²) in [5.41, 5.74) is 1.37. The first-order chi connectivity index (χ1) is 17.1. The van der Waals surface area contributed by atoms with Crippen molar-refractivity contribution in [1.29, 1.82) is 0 Å². The number of hydrogen-bond acceptors (Lipinski definition) is 10. The molecule has 0 unspecified atom stereocenters. The molecule has 0 fully saturated rings. The maximum Gasteiger partial charge on any atom is 0.335 e. The van der Waals surface area contributed by atoms with Crippen molar-refractivity contribution in [3.05, 3.63) is 65.2 Å². The number of fused-ring (bicyclic) bond motifs is 1. The SMILES string of the molecule is O=C(O[C@H]1Cc2c(O)cc(O)cc2O[C@H]1c1ccc(O)c(O)c1)[C@H](O)CCCc1ccc(O)c(O)c1. The molecule has 4 rings (SSSR count). The van der Waals surface area contributed by atoms with Gasteiger partial charge in [0.25, 0.3) is 0 Å². The van der Waals surface area contributed by atoms with E-state index in [0.29, 0.717) is 29.5 Å². The van der Waals surface area contributed by atoms with E-state index in [9.17, 15) is 40.5 Å². The van der Waals surface area contributed by atoms with Gasteiger partial charge in [0.2, 0.25) is 0 Å². The maximum absolute atomic E-state index is 12.7. The molecule has 0 saturated heterocycles. The largest absolute Gasteiger partial charge is 0.508 e. The smallest absolute Gasteiger partial charge is 0.335 e. The Bertz CT molecular complexity index is 1270. The lowest BCUT2D eigenvalue weighted by Crippen LogP contribution is -2.37. The molecule has 190 valence electrons. The van der Waals surface area contributed by atoms with Crippen LogP contribution in [0.4, 0.5) is 0 Å². The number of aliphatic hydroxyl groups excluding tert-OH is 1. The number of phenolic OH excluding ortho intramolecular Hbond substituents is 6. The van der Waals surface area contributed by atoms with E-state index in [1.807, 2.05) is 0 Å². The predicted octanol–water partition coefficient (Wildman–Crippen LogP) is 2.89. The van der Waals surface area contributed by atoms with Crippen molar-refractivity contribution in [2.24, 2.45) is 0 Å². The van der Waals surface area contributed by atoms with Crippen molar-refractivity contribution in [2.75, 3.05) is 0 Å². The summed E-state index contributed by atoms with van der Waals surface area (Å²) in [4.78, 5) is 12.7. The van der Waals surface area contributed by atoms with Gasteiger partial charge in [-0.25, -0.2) is 4.79 Å². The maximum atomic E-state index is 12.7. The highest BCUT2D eigenvalue weighted by Gasteiger charge is 2.37. The summed E-state index contributed by atoms with van der Waals surface area (Å²) in [5, 5.41) is 69.0. The van der Waals surface area contributed by atoms with Crippen LogP contribution in [-0.2, 0) is 22.4 Å². The third kappa shape index (κ3) is 5.33. The Balaban J connectivity index is 1.48. The third-order valence-corrected chi connectivity index (χ3v) is 6.02. The summed E-state index contributed by atoms with van der Waals surface area (Å²) in [6, 6.07) is 10.8. The predicted molar refractivity (Wildman–Crippen MR) is 125 cm³/mol. The highest BCUT2D eigenvalue weighted by atomic mass is 16.6. The quantitative estimate of drug-likeness (QED) is 0.189. The summed E-state index contributed by atoms with van der Waals surface area (Å²) in [6.07, 6.45) is -2.55. The first kappa shape index (κ1) is 24.8. The van der Waals surface area contributed by atoms with E-state index in [0.717, 1.165) is 6.07 Å². The number of carbonyl (C=O) groups is 1. The topological polar surface area (TPSA) is 177 Å². The molecule has 36 heavy (non-hydrogen) atoms. The van der Waals surface area contributed by atoms with Gasteiger partial charge in [0, 0.05) is 29.7 Å². The van der Waals surface area contributed by atoms with Crippen LogP contribution in [0, 0.1) is 0 Å². The highest BCUT2D eigenvalue weighted by molar-refractivity contribution is 5.74. The van der Waals surface area contributed by atoms with E-state index < -0.39 is 30.0 Å². The fraction of sp³-hybridized carbons (Fsp3) is 0.269. The average molecular weight is 498 g/mol. The van der Waals surface area contributed by atoms with Crippen LogP contribution < -0.4 is 4.74 Å². The molecule has 3 aromatic carbocycles. The van der Waals surface area contributed by atoms with Gasteiger partial charge >= 0.3 is 5.97 Å². The first-order valence-corrected chi connectivity index (χ1v) is 11.2. The van der Waals surface area contributed by atoms with Crippen molar-refractivity contribution in [3.63, 3.8) is 0 Å². The molecule has 3 atom stereocenters. The normalized spacial score (nSPS) is 17.6. The molecule has 0 aromatic heterocycles. The van der Waals surface area contributed by atoms with Crippen LogP contribution in [0.1, 0.15) is 35.6 Å². The van der Waals surface area contributed by atoms with Crippen molar-refractivity contribution >= 4 is 5.97 Å². The molecular formula is C26H26O10. The average Bonchev–Trinajstić information content (AvgIpc) is 2.83. The molecule has 0 saturated carbocycles. The van der Waals surface area contributed by atoms with E-state index in [2.05, 4.69) is 0 Å². The minimum absolute atomic E-state index is 0.000995. The number of rotatable bonds is 7. The molecule has 0 bridgehead atoms. The molecule has 7 N–H and O–H groups in total. The van der Waals surface area contributed by atoms with E-state index in [1.165, 1.54) is 36.4 Å². The van der Waals surface area contributed by atoms with Crippen molar-refractivity contribution in [3.8, 4) is 40.2 Å². The molecule has 0 aliphatic carbocycles. The van der Waals surface area contributed by atoms with Gasteiger partial charge < -0.3 is 45.2 Å². The Morgan fingerprint density at radius 3 is 2.28 bits per heavy atom. The highest BCUT2D eigenvalue weighted by Crippen LogP contribution is 2.44. The second kappa shape index (κ2) is 10.1. The van der Waals surface area contributed by atoms with Gasteiger partial charge in [-0.1, -0.05) is 12.1 Å². The lowest BCUT2D eigenvalue weighted by atomic mass is 9.93. The lowest BCUT2D eigenvalue weighted by molar-refractivity contribution is -0.165. The van der Waals surface area contributed by atoms with E-state index in [1.54, 1.807) is 6.07 Å². The summed E-state index contributed by atoms with van der Waals surface area (Å²) in [5.74, 6) is -2.49. The molecule has 0 spiro atoms. The van der Waals surface area contributed by atoms with Crippen molar-refractivity contribution in [2.45, 2.75) is 44.0 Å². The zero-order chi connectivity index (χ0) is 26.0. The standard InChI is InChI=1S/C26H26O10/c27-15-10-20(31)16-12-24(25(35-23(16)11-15)14-5-7-18(29)22(33)9-14)36-26(34)19(30)3-1-2-13-4-6-17(28)21(32)8-13/h4-11,19,24-25,27-33H,1-3,12H2/t19-,24+,25+/m1/s1. The number of benzene rings is 3. The number of aryl methyl sites for hydroxylation is 1. The molecule has 1 aliphatic rings. The zero-order valence-corrected chi connectivity index (χ0v) is 19.0. The molecule has 10 heteroatoms. The van der Waals surface area contributed by atoms with Crippen LogP contribution in [0.15, 0.2) is 48.5 Å². The Hall–Kier alpha value is -4.31. The van der Waals surface area contributed by atoms with Gasteiger partial charge in [0.1, 0.15) is 23.4 Å².